The average Bonchev–Trinajstić information content (AvgIpc) is 2.17. The lowest BCUT2D eigenvalue weighted by atomic mass is 10.0. The fourth-order valence-corrected chi connectivity index (χ4v) is 1.27. The highest BCUT2D eigenvalue weighted by atomic mass is 14.7. The van der Waals surface area contributed by atoms with Gasteiger partial charge in [0.25, 0.3) is 0 Å². The molecule has 1 aromatic rings. The molecule has 0 unspecified atom stereocenters. The SMILES string of the molecule is CCc1c(C#N)cnc(C)c1C#N. The summed E-state index contributed by atoms with van der Waals surface area (Å²) >= 11 is 0. The van der Waals surface area contributed by atoms with E-state index in [2.05, 4.69) is 11.1 Å². The second kappa shape index (κ2) is 3.69. The van der Waals surface area contributed by atoms with Crippen molar-refractivity contribution in [3.63, 3.8) is 0 Å². The predicted molar refractivity (Wildman–Crippen MR) is 47.8 cm³/mol. The van der Waals surface area contributed by atoms with Gasteiger partial charge < -0.3 is 0 Å². The minimum absolute atomic E-state index is 0.504. The Morgan fingerprint density at radius 2 is 2.08 bits per heavy atom. The largest absolute Gasteiger partial charge is 0.259 e. The minimum Gasteiger partial charge on any atom is -0.259 e. The Kier molecular flexibility index (Phi) is 2.62. The van der Waals surface area contributed by atoms with Crippen molar-refractivity contribution in [3.8, 4) is 12.1 Å². The van der Waals surface area contributed by atoms with Gasteiger partial charge in [0.2, 0.25) is 0 Å². The first kappa shape index (κ1) is 9.22. The van der Waals surface area contributed by atoms with Crippen LogP contribution in [0.2, 0.25) is 0 Å². The summed E-state index contributed by atoms with van der Waals surface area (Å²) < 4.78 is 0. The van der Waals surface area contributed by atoms with Gasteiger partial charge in [0.15, 0.2) is 0 Å². The summed E-state index contributed by atoms with van der Waals surface area (Å²) in [5.74, 6) is 0. The van der Waals surface area contributed by atoms with Crippen molar-refractivity contribution in [2.24, 2.45) is 0 Å². The zero-order valence-electron chi connectivity index (χ0n) is 7.63. The number of aromatic nitrogens is 1. The van der Waals surface area contributed by atoms with Gasteiger partial charge in [-0.2, -0.15) is 10.5 Å². The third-order valence-electron chi connectivity index (χ3n) is 1.96. The quantitative estimate of drug-likeness (QED) is 0.646. The average molecular weight is 171 g/mol. The molecule has 1 aromatic heterocycles. The van der Waals surface area contributed by atoms with Crippen molar-refractivity contribution >= 4 is 0 Å². The Bertz CT molecular complexity index is 407. The van der Waals surface area contributed by atoms with Gasteiger partial charge in [-0.15, -0.1) is 0 Å². The van der Waals surface area contributed by atoms with Crippen LogP contribution in [0.4, 0.5) is 0 Å². The molecule has 0 aliphatic carbocycles. The molecule has 0 aromatic carbocycles. The molecule has 0 atom stereocenters. The summed E-state index contributed by atoms with van der Waals surface area (Å²) in [4.78, 5) is 3.98. The lowest BCUT2D eigenvalue weighted by molar-refractivity contribution is 1.06. The molecule has 1 heterocycles. The lowest BCUT2D eigenvalue weighted by Crippen LogP contribution is -1.98. The van der Waals surface area contributed by atoms with E-state index < -0.39 is 0 Å². The Morgan fingerprint density at radius 3 is 2.54 bits per heavy atom. The molecule has 0 saturated heterocycles. The molecule has 13 heavy (non-hydrogen) atoms. The van der Waals surface area contributed by atoms with E-state index >= 15 is 0 Å². The van der Waals surface area contributed by atoms with Crippen LogP contribution in [0.5, 0.6) is 0 Å². The van der Waals surface area contributed by atoms with Crippen LogP contribution in [-0.4, -0.2) is 4.98 Å². The molecule has 0 fully saturated rings. The maximum absolute atomic E-state index is 8.85. The minimum atomic E-state index is 0.504. The molecular weight excluding hydrogens is 162 g/mol. The topological polar surface area (TPSA) is 60.5 Å². The van der Waals surface area contributed by atoms with Crippen molar-refractivity contribution < 1.29 is 0 Å². The first-order valence-corrected chi connectivity index (χ1v) is 4.03. The highest BCUT2D eigenvalue weighted by molar-refractivity contribution is 5.48. The van der Waals surface area contributed by atoms with Crippen molar-refractivity contribution in [2.45, 2.75) is 20.3 Å². The van der Waals surface area contributed by atoms with Crippen molar-refractivity contribution in [3.05, 3.63) is 28.6 Å². The van der Waals surface area contributed by atoms with E-state index in [-0.39, 0.29) is 0 Å². The Labute approximate surface area is 77.3 Å². The van der Waals surface area contributed by atoms with E-state index in [9.17, 15) is 0 Å². The molecule has 0 aliphatic heterocycles. The monoisotopic (exact) mass is 171 g/mol. The second-order valence-electron chi connectivity index (χ2n) is 2.69. The maximum atomic E-state index is 8.85. The van der Waals surface area contributed by atoms with Crippen molar-refractivity contribution in [1.82, 2.24) is 4.98 Å². The fraction of sp³-hybridized carbons (Fsp3) is 0.300. The molecule has 0 spiro atoms. The summed E-state index contributed by atoms with van der Waals surface area (Å²) in [5, 5.41) is 17.6. The number of hydrogen-bond donors (Lipinski definition) is 0. The van der Waals surface area contributed by atoms with Gasteiger partial charge in [-0.25, -0.2) is 0 Å². The molecule has 3 heteroatoms. The zero-order chi connectivity index (χ0) is 9.84. The number of nitriles is 2. The highest BCUT2D eigenvalue weighted by Crippen LogP contribution is 2.15. The molecule has 0 radical (unpaired) electrons. The lowest BCUT2D eigenvalue weighted by Gasteiger charge is -2.04. The molecule has 0 bridgehead atoms. The van der Waals surface area contributed by atoms with Crippen LogP contribution in [0.25, 0.3) is 0 Å². The number of aryl methyl sites for hydroxylation is 1. The van der Waals surface area contributed by atoms with E-state index in [4.69, 9.17) is 10.5 Å². The van der Waals surface area contributed by atoms with Crippen LogP contribution in [0.1, 0.15) is 29.3 Å². The van der Waals surface area contributed by atoms with Crippen LogP contribution >= 0.6 is 0 Å². The summed E-state index contributed by atoms with van der Waals surface area (Å²) in [6.07, 6.45) is 2.21. The van der Waals surface area contributed by atoms with Gasteiger partial charge in [0.05, 0.1) is 16.8 Å². The van der Waals surface area contributed by atoms with Gasteiger partial charge in [-0.3, -0.25) is 4.98 Å². The molecule has 0 saturated carbocycles. The number of hydrogen-bond acceptors (Lipinski definition) is 3. The Morgan fingerprint density at radius 1 is 1.38 bits per heavy atom. The Balaban J connectivity index is 3.50. The van der Waals surface area contributed by atoms with E-state index in [0.29, 0.717) is 23.2 Å². The standard InChI is InChI=1S/C10H9N3/c1-3-9-8(4-11)6-13-7(2)10(9)5-12/h6H,3H2,1-2H3. The van der Waals surface area contributed by atoms with Crippen LogP contribution < -0.4 is 0 Å². The zero-order valence-corrected chi connectivity index (χ0v) is 7.63. The van der Waals surface area contributed by atoms with Crippen molar-refractivity contribution in [1.29, 1.82) is 10.5 Å². The summed E-state index contributed by atoms with van der Waals surface area (Å²) in [6, 6.07) is 4.11. The summed E-state index contributed by atoms with van der Waals surface area (Å²) in [7, 11) is 0. The van der Waals surface area contributed by atoms with Gasteiger partial charge in [-0.05, 0) is 18.9 Å². The second-order valence-corrected chi connectivity index (χ2v) is 2.69. The van der Waals surface area contributed by atoms with Crippen LogP contribution in [0.15, 0.2) is 6.20 Å². The fourth-order valence-electron chi connectivity index (χ4n) is 1.27. The van der Waals surface area contributed by atoms with Gasteiger partial charge in [-0.1, -0.05) is 6.92 Å². The summed E-state index contributed by atoms with van der Waals surface area (Å²) in [6.45, 7) is 3.70. The van der Waals surface area contributed by atoms with Crippen LogP contribution in [-0.2, 0) is 6.42 Å². The highest BCUT2D eigenvalue weighted by Gasteiger charge is 2.09. The smallest absolute Gasteiger partial charge is 0.101 e. The van der Waals surface area contributed by atoms with E-state index in [1.807, 2.05) is 13.0 Å². The van der Waals surface area contributed by atoms with E-state index in [1.165, 1.54) is 6.20 Å². The third-order valence-corrected chi connectivity index (χ3v) is 1.96. The molecule has 1 rings (SSSR count). The molecule has 64 valence electrons. The molecule has 0 N–H and O–H groups in total. The van der Waals surface area contributed by atoms with Crippen LogP contribution in [0.3, 0.4) is 0 Å². The third kappa shape index (κ3) is 1.50. The Hall–Kier alpha value is -1.87. The maximum Gasteiger partial charge on any atom is 0.101 e. The predicted octanol–water partition coefficient (Wildman–Crippen LogP) is 1.70. The van der Waals surface area contributed by atoms with E-state index in [0.717, 1.165) is 5.56 Å². The molecule has 0 amide bonds. The number of pyridine rings is 1. The molecule has 3 nitrogen and oxygen atoms in total. The first-order chi connectivity index (χ1) is 6.24. The van der Waals surface area contributed by atoms with Gasteiger partial charge in [0.1, 0.15) is 12.1 Å². The van der Waals surface area contributed by atoms with Gasteiger partial charge in [0, 0.05) is 6.20 Å². The molecule has 0 aliphatic rings. The number of nitrogens with zero attached hydrogens (tertiary/aromatic N) is 3. The van der Waals surface area contributed by atoms with Gasteiger partial charge >= 0.3 is 0 Å². The van der Waals surface area contributed by atoms with E-state index in [1.54, 1.807) is 6.92 Å². The normalized spacial score (nSPS) is 8.92. The molecular formula is C10H9N3. The number of rotatable bonds is 1. The van der Waals surface area contributed by atoms with Crippen molar-refractivity contribution in [2.75, 3.05) is 0 Å². The summed E-state index contributed by atoms with van der Waals surface area (Å²) in [5.41, 5.74) is 2.54. The first-order valence-electron chi connectivity index (χ1n) is 4.03. The van der Waals surface area contributed by atoms with Crippen LogP contribution in [0, 0.1) is 29.6 Å².